The van der Waals surface area contributed by atoms with Crippen molar-refractivity contribution >= 4 is 0 Å². The number of hydrogen-bond acceptors (Lipinski definition) is 3. The average Bonchev–Trinajstić information content (AvgIpc) is 2.01. The summed E-state index contributed by atoms with van der Waals surface area (Å²) in [5.74, 6) is -4.90. The summed E-state index contributed by atoms with van der Waals surface area (Å²) in [7, 11) is 0. The number of aliphatic hydroxyl groups excluding tert-OH is 1. The fourth-order valence-corrected chi connectivity index (χ4v) is 0.473. The van der Waals surface area contributed by atoms with Gasteiger partial charge in [0.2, 0.25) is 0 Å². The molecule has 3 nitrogen and oxygen atoms in total. The summed E-state index contributed by atoms with van der Waals surface area (Å²) in [6.07, 6.45) is -6.88. The number of hydrogen-bond donors (Lipinski definition) is 2. The first-order valence-corrected chi connectivity index (χ1v) is 3.61. The predicted octanol–water partition coefficient (Wildman–Crippen LogP) is 0.520. The van der Waals surface area contributed by atoms with Crippen LogP contribution >= 0.6 is 0 Å². The smallest absolute Gasteiger partial charge is 0.389 e. The maximum Gasteiger partial charge on any atom is 0.455 e. The second kappa shape index (κ2) is 4.85. The number of nitrogens with two attached hydrogens (primary N) is 1. The molecule has 0 spiro atoms. The van der Waals surface area contributed by atoms with Crippen molar-refractivity contribution in [1.29, 1.82) is 0 Å². The van der Waals surface area contributed by atoms with E-state index in [4.69, 9.17) is 10.8 Å². The SMILES string of the molecule is NCC(O)COCC(F)(F)C(F)(F)F. The summed E-state index contributed by atoms with van der Waals surface area (Å²) in [6, 6.07) is 0. The van der Waals surface area contributed by atoms with Crippen LogP contribution in [0.3, 0.4) is 0 Å². The molecule has 0 aliphatic heterocycles. The van der Waals surface area contributed by atoms with Crippen molar-refractivity contribution in [2.45, 2.75) is 18.2 Å². The highest BCUT2D eigenvalue weighted by Gasteiger charge is 2.57. The van der Waals surface area contributed by atoms with Crippen LogP contribution in [0.2, 0.25) is 0 Å². The van der Waals surface area contributed by atoms with E-state index < -0.39 is 31.4 Å². The van der Waals surface area contributed by atoms with Gasteiger partial charge in [0, 0.05) is 6.54 Å². The van der Waals surface area contributed by atoms with Gasteiger partial charge < -0.3 is 15.6 Å². The van der Waals surface area contributed by atoms with E-state index in [1.807, 2.05) is 0 Å². The van der Waals surface area contributed by atoms with Crippen LogP contribution in [0, 0.1) is 0 Å². The molecule has 0 radical (unpaired) electrons. The lowest BCUT2D eigenvalue weighted by molar-refractivity contribution is -0.297. The average molecular weight is 223 g/mol. The van der Waals surface area contributed by atoms with Crippen LogP contribution in [0.25, 0.3) is 0 Å². The lowest BCUT2D eigenvalue weighted by Gasteiger charge is -2.19. The highest BCUT2D eigenvalue weighted by Crippen LogP contribution is 2.35. The summed E-state index contributed by atoms with van der Waals surface area (Å²) in [5.41, 5.74) is 4.87. The zero-order chi connectivity index (χ0) is 11.4. The van der Waals surface area contributed by atoms with Gasteiger partial charge in [0.05, 0.1) is 12.7 Å². The molecular weight excluding hydrogens is 213 g/mol. The molecule has 0 bridgehead atoms. The number of aliphatic hydroxyl groups is 1. The Morgan fingerprint density at radius 2 is 1.71 bits per heavy atom. The Labute approximate surface area is 76.6 Å². The molecule has 0 heterocycles. The fraction of sp³-hybridized carbons (Fsp3) is 1.00. The normalized spacial score (nSPS) is 15.6. The molecule has 0 aromatic heterocycles. The van der Waals surface area contributed by atoms with Crippen LogP contribution < -0.4 is 5.73 Å². The van der Waals surface area contributed by atoms with E-state index in [0.29, 0.717) is 0 Å². The molecule has 0 aliphatic carbocycles. The van der Waals surface area contributed by atoms with E-state index in [1.165, 1.54) is 0 Å². The first-order valence-electron chi connectivity index (χ1n) is 3.61. The van der Waals surface area contributed by atoms with Gasteiger partial charge in [-0.25, -0.2) is 0 Å². The highest BCUT2D eigenvalue weighted by molar-refractivity contribution is 4.75. The van der Waals surface area contributed by atoms with Crippen LogP contribution in [0.1, 0.15) is 0 Å². The van der Waals surface area contributed by atoms with Crippen molar-refractivity contribution in [3.63, 3.8) is 0 Å². The third kappa shape index (κ3) is 4.16. The third-order valence-corrected chi connectivity index (χ3v) is 1.28. The van der Waals surface area contributed by atoms with Gasteiger partial charge in [-0.2, -0.15) is 22.0 Å². The van der Waals surface area contributed by atoms with Gasteiger partial charge in [-0.15, -0.1) is 0 Å². The minimum atomic E-state index is -5.64. The first-order chi connectivity index (χ1) is 6.20. The van der Waals surface area contributed by atoms with Gasteiger partial charge in [0.1, 0.15) is 6.61 Å². The van der Waals surface area contributed by atoms with E-state index in [2.05, 4.69) is 4.74 Å². The molecule has 0 fully saturated rings. The maximum atomic E-state index is 12.1. The zero-order valence-corrected chi connectivity index (χ0v) is 7.02. The van der Waals surface area contributed by atoms with Gasteiger partial charge in [0.25, 0.3) is 0 Å². The lowest BCUT2D eigenvalue weighted by atomic mass is 10.3. The van der Waals surface area contributed by atoms with Gasteiger partial charge in [-0.05, 0) is 0 Å². The standard InChI is InChI=1S/C6H10F5NO2/c7-5(8,6(9,10)11)3-14-2-4(13)1-12/h4,13H,1-3,12H2. The Kier molecular flexibility index (Phi) is 4.69. The second-order valence-corrected chi connectivity index (χ2v) is 2.61. The second-order valence-electron chi connectivity index (χ2n) is 2.61. The predicted molar refractivity (Wildman–Crippen MR) is 36.9 cm³/mol. The monoisotopic (exact) mass is 223 g/mol. The van der Waals surface area contributed by atoms with Gasteiger partial charge >= 0.3 is 12.1 Å². The molecule has 0 saturated heterocycles. The van der Waals surface area contributed by atoms with Crippen LogP contribution in [0.15, 0.2) is 0 Å². The lowest BCUT2D eigenvalue weighted by Crippen LogP contribution is -2.41. The molecule has 0 aromatic rings. The Morgan fingerprint density at radius 3 is 2.07 bits per heavy atom. The molecule has 1 unspecified atom stereocenters. The molecular formula is C6H10F5NO2. The Balaban J connectivity index is 3.89. The zero-order valence-electron chi connectivity index (χ0n) is 7.02. The summed E-state index contributed by atoms with van der Waals surface area (Å²) in [6.45, 7) is -2.73. The molecule has 1 atom stereocenters. The summed E-state index contributed by atoms with van der Waals surface area (Å²) < 4.78 is 62.8. The number of ether oxygens (including phenoxy) is 1. The molecule has 0 aromatic carbocycles. The molecule has 0 rings (SSSR count). The Bertz CT molecular complexity index is 172. The van der Waals surface area contributed by atoms with Crippen LogP contribution in [-0.4, -0.2) is 43.1 Å². The Hall–Kier alpha value is -0.470. The summed E-state index contributed by atoms with van der Waals surface area (Å²) in [5, 5.41) is 8.68. The third-order valence-electron chi connectivity index (χ3n) is 1.28. The van der Waals surface area contributed by atoms with Gasteiger partial charge in [-0.1, -0.05) is 0 Å². The molecule has 8 heteroatoms. The van der Waals surface area contributed by atoms with Crippen LogP contribution in [0.5, 0.6) is 0 Å². The largest absolute Gasteiger partial charge is 0.455 e. The minimum absolute atomic E-state index is 0.266. The van der Waals surface area contributed by atoms with Crippen molar-refractivity contribution < 1.29 is 31.8 Å². The fourth-order valence-electron chi connectivity index (χ4n) is 0.473. The van der Waals surface area contributed by atoms with Crippen molar-refractivity contribution in [3.05, 3.63) is 0 Å². The van der Waals surface area contributed by atoms with E-state index in [0.717, 1.165) is 0 Å². The Morgan fingerprint density at radius 1 is 1.21 bits per heavy atom. The summed E-state index contributed by atoms with van der Waals surface area (Å²) >= 11 is 0. The van der Waals surface area contributed by atoms with Gasteiger partial charge in [0.15, 0.2) is 0 Å². The van der Waals surface area contributed by atoms with Crippen molar-refractivity contribution in [2.75, 3.05) is 19.8 Å². The number of rotatable bonds is 5. The molecule has 0 amide bonds. The first kappa shape index (κ1) is 13.5. The minimum Gasteiger partial charge on any atom is -0.389 e. The molecule has 0 saturated carbocycles. The van der Waals surface area contributed by atoms with Crippen molar-refractivity contribution in [3.8, 4) is 0 Å². The van der Waals surface area contributed by atoms with Gasteiger partial charge in [-0.3, -0.25) is 0 Å². The number of halogens is 5. The highest BCUT2D eigenvalue weighted by atomic mass is 19.4. The molecule has 3 N–H and O–H groups in total. The molecule has 14 heavy (non-hydrogen) atoms. The maximum absolute atomic E-state index is 12.1. The van der Waals surface area contributed by atoms with Crippen molar-refractivity contribution in [2.24, 2.45) is 5.73 Å². The molecule has 0 aliphatic rings. The van der Waals surface area contributed by atoms with Crippen LogP contribution in [-0.2, 0) is 4.74 Å². The quantitative estimate of drug-likeness (QED) is 0.668. The van der Waals surface area contributed by atoms with Crippen molar-refractivity contribution in [1.82, 2.24) is 0 Å². The topological polar surface area (TPSA) is 55.5 Å². The van der Waals surface area contributed by atoms with E-state index in [1.54, 1.807) is 0 Å². The van der Waals surface area contributed by atoms with Crippen LogP contribution in [0.4, 0.5) is 22.0 Å². The van der Waals surface area contributed by atoms with E-state index in [9.17, 15) is 22.0 Å². The van der Waals surface area contributed by atoms with E-state index >= 15 is 0 Å². The number of alkyl halides is 5. The molecule has 86 valence electrons. The van der Waals surface area contributed by atoms with E-state index in [-0.39, 0.29) is 6.54 Å². The summed E-state index contributed by atoms with van der Waals surface area (Å²) in [4.78, 5) is 0.